The Hall–Kier alpha value is -2.11. The quantitative estimate of drug-likeness (QED) is 0.909. The number of nitrogens with one attached hydrogen (secondary N) is 1. The average molecular weight is 301 g/mol. The number of carbonyl (C=O) groups excluding carboxylic acids is 1. The van der Waals surface area contributed by atoms with Crippen LogP contribution in [0.4, 0.5) is 5.69 Å². The van der Waals surface area contributed by atoms with Crippen molar-refractivity contribution in [2.75, 3.05) is 5.32 Å². The molecule has 0 unspecified atom stereocenters. The summed E-state index contributed by atoms with van der Waals surface area (Å²) in [6.45, 7) is 4.60. The first-order chi connectivity index (χ1) is 10.6. The number of amides is 1. The molecule has 0 spiro atoms. The maximum Gasteiger partial charge on any atom is 0.252 e. The summed E-state index contributed by atoms with van der Waals surface area (Å²) in [6, 6.07) is 0.391. The van der Waals surface area contributed by atoms with Gasteiger partial charge in [-0.15, -0.1) is 0 Å². The van der Waals surface area contributed by atoms with Gasteiger partial charge in [-0.2, -0.15) is 5.10 Å². The number of carbonyl (C=O) groups is 1. The summed E-state index contributed by atoms with van der Waals surface area (Å²) in [7, 11) is 0. The lowest BCUT2D eigenvalue weighted by atomic mass is 9.94. The minimum absolute atomic E-state index is 0.391. The zero-order valence-corrected chi connectivity index (χ0v) is 13.2. The summed E-state index contributed by atoms with van der Waals surface area (Å²) in [5.74, 6) is -0.436. The molecule has 2 aromatic heterocycles. The number of nitrogens with two attached hydrogens (primary N) is 1. The van der Waals surface area contributed by atoms with Crippen molar-refractivity contribution in [3.63, 3.8) is 0 Å². The molecule has 0 radical (unpaired) electrons. The van der Waals surface area contributed by atoms with E-state index in [4.69, 9.17) is 5.73 Å². The molecular weight excluding hydrogens is 278 g/mol. The minimum atomic E-state index is -0.436. The van der Waals surface area contributed by atoms with E-state index >= 15 is 0 Å². The van der Waals surface area contributed by atoms with Crippen molar-refractivity contribution in [1.82, 2.24) is 14.8 Å². The molecular formula is C16H23N5O. The van der Waals surface area contributed by atoms with E-state index in [9.17, 15) is 4.79 Å². The molecule has 1 saturated carbocycles. The molecule has 22 heavy (non-hydrogen) atoms. The number of nitrogens with zero attached hydrogens (tertiary/aromatic N) is 3. The molecule has 1 amide bonds. The van der Waals surface area contributed by atoms with Gasteiger partial charge in [0.25, 0.3) is 5.91 Å². The van der Waals surface area contributed by atoms with Crippen molar-refractivity contribution < 1.29 is 4.79 Å². The molecule has 2 heterocycles. The van der Waals surface area contributed by atoms with E-state index in [1.54, 1.807) is 6.20 Å². The van der Waals surface area contributed by atoms with Gasteiger partial charge in [-0.05, 0) is 26.7 Å². The fourth-order valence-electron chi connectivity index (χ4n) is 3.34. The van der Waals surface area contributed by atoms with Crippen LogP contribution in [0, 0.1) is 6.92 Å². The van der Waals surface area contributed by atoms with Crippen LogP contribution in [-0.4, -0.2) is 26.7 Å². The van der Waals surface area contributed by atoms with Gasteiger partial charge < -0.3 is 11.1 Å². The van der Waals surface area contributed by atoms with Gasteiger partial charge in [0.15, 0.2) is 5.65 Å². The highest BCUT2D eigenvalue weighted by Gasteiger charge is 2.22. The van der Waals surface area contributed by atoms with Gasteiger partial charge in [0, 0.05) is 12.6 Å². The third-order valence-corrected chi connectivity index (χ3v) is 4.47. The highest BCUT2D eigenvalue weighted by molar-refractivity contribution is 6.07. The number of primary amides is 1. The van der Waals surface area contributed by atoms with Crippen LogP contribution in [0.2, 0.25) is 0 Å². The molecule has 0 atom stereocenters. The van der Waals surface area contributed by atoms with Crippen molar-refractivity contribution in [3.05, 3.63) is 17.5 Å². The third-order valence-electron chi connectivity index (χ3n) is 4.47. The van der Waals surface area contributed by atoms with Gasteiger partial charge >= 0.3 is 0 Å². The van der Waals surface area contributed by atoms with Crippen LogP contribution in [0.3, 0.4) is 0 Å². The van der Waals surface area contributed by atoms with E-state index in [0.717, 1.165) is 36.1 Å². The number of hydrogen-bond donors (Lipinski definition) is 2. The normalized spacial score (nSPS) is 16.1. The van der Waals surface area contributed by atoms with E-state index in [2.05, 4.69) is 15.4 Å². The van der Waals surface area contributed by atoms with E-state index in [1.165, 1.54) is 19.3 Å². The Kier molecular flexibility index (Phi) is 4.00. The third kappa shape index (κ3) is 2.53. The Bertz CT molecular complexity index is 700. The van der Waals surface area contributed by atoms with Gasteiger partial charge in [-0.1, -0.05) is 19.3 Å². The highest BCUT2D eigenvalue weighted by atomic mass is 16.1. The number of rotatable bonds is 4. The summed E-state index contributed by atoms with van der Waals surface area (Å²) in [4.78, 5) is 16.5. The molecule has 2 aromatic rings. The predicted octanol–water partition coefficient (Wildman–Crippen LogP) is 2.60. The van der Waals surface area contributed by atoms with Crippen LogP contribution in [0.15, 0.2) is 6.20 Å². The highest BCUT2D eigenvalue weighted by Crippen LogP contribution is 2.31. The summed E-state index contributed by atoms with van der Waals surface area (Å²) in [6.07, 6.45) is 7.78. The van der Waals surface area contributed by atoms with Crippen molar-refractivity contribution in [1.29, 1.82) is 0 Å². The summed E-state index contributed by atoms with van der Waals surface area (Å²) in [5, 5.41) is 8.81. The molecule has 0 saturated heterocycles. The molecule has 3 rings (SSSR count). The zero-order chi connectivity index (χ0) is 15.7. The Labute approximate surface area is 130 Å². The van der Waals surface area contributed by atoms with Crippen molar-refractivity contribution in [2.45, 2.75) is 58.5 Å². The molecule has 0 aromatic carbocycles. The summed E-state index contributed by atoms with van der Waals surface area (Å²) < 4.78 is 1.85. The molecule has 0 aliphatic heterocycles. The van der Waals surface area contributed by atoms with Crippen LogP contribution in [0.25, 0.3) is 11.0 Å². The molecule has 6 heteroatoms. The fraction of sp³-hybridized carbons (Fsp3) is 0.562. The van der Waals surface area contributed by atoms with Crippen LogP contribution < -0.4 is 11.1 Å². The second kappa shape index (κ2) is 5.94. The van der Waals surface area contributed by atoms with Crippen LogP contribution >= 0.6 is 0 Å². The standard InChI is InChI=1S/C16H23N5O/c1-3-21-16-12(9-18-21)14(13(15(17)22)10(2)19-16)20-11-7-5-4-6-8-11/h9,11H,3-8H2,1-2H3,(H2,17,22)(H,19,20). The fourth-order valence-corrected chi connectivity index (χ4v) is 3.34. The number of aromatic nitrogens is 3. The van der Waals surface area contributed by atoms with Crippen LogP contribution in [0.1, 0.15) is 55.1 Å². The molecule has 3 N–H and O–H groups in total. The smallest absolute Gasteiger partial charge is 0.252 e. The lowest BCUT2D eigenvalue weighted by molar-refractivity contribution is 0.1000. The average Bonchev–Trinajstić information content (AvgIpc) is 2.90. The number of pyridine rings is 1. The lowest BCUT2D eigenvalue weighted by Gasteiger charge is -2.25. The first kappa shape index (κ1) is 14.8. The second-order valence-electron chi connectivity index (χ2n) is 5.99. The second-order valence-corrected chi connectivity index (χ2v) is 5.99. The van der Waals surface area contributed by atoms with Crippen LogP contribution in [-0.2, 0) is 6.54 Å². The van der Waals surface area contributed by atoms with Crippen LogP contribution in [0.5, 0.6) is 0 Å². The number of fused-ring (bicyclic) bond motifs is 1. The Morgan fingerprint density at radius 2 is 2.14 bits per heavy atom. The molecule has 1 aliphatic carbocycles. The van der Waals surface area contributed by atoms with Gasteiger partial charge in [0.2, 0.25) is 0 Å². The lowest BCUT2D eigenvalue weighted by Crippen LogP contribution is -2.25. The van der Waals surface area contributed by atoms with Gasteiger partial charge in [-0.25, -0.2) is 9.67 Å². The van der Waals surface area contributed by atoms with Gasteiger partial charge in [0.1, 0.15) is 0 Å². The maximum atomic E-state index is 11.9. The first-order valence-corrected chi connectivity index (χ1v) is 8.04. The van der Waals surface area contributed by atoms with E-state index < -0.39 is 5.91 Å². The topological polar surface area (TPSA) is 85.8 Å². The zero-order valence-electron chi connectivity index (χ0n) is 13.2. The predicted molar refractivity (Wildman–Crippen MR) is 87.0 cm³/mol. The Morgan fingerprint density at radius 3 is 2.77 bits per heavy atom. The summed E-state index contributed by atoms with van der Waals surface area (Å²) in [5.41, 5.74) is 8.38. The number of hydrogen-bond acceptors (Lipinski definition) is 4. The largest absolute Gasteiger partial charge is 0.381 e. The molecule has 1 fully saturated rings. The number of aryl methyl sites for hydroxylation is 2. The SMILES string of the molecule is CCn1ncc2c(NC3CCCCC3)c(C(N)=O)c(C)nc21. The Morgan fingerprint density at radius 1 is 1.41 bits per heavy atom. The van der Waals surface area contributed by atoms with Crippen molar-refractivity contribution >= 4 is 22.6 Å². The van der Waals surface area contributed by atoms with Crippen molar-refractivity contribution in [3.8, 4) is 0 Å². The van der Waals surface area contributed by atoms with E-state index in [1.807, 2.05) is 18.5 Å². The molecule has 6 nitrogen and oxygen atoms in total. The first-order valence-electron chi connectivity index (χ1n) is 8.04. The molecule has 1 aliphatic rings. The molecule has 0 bridgehead atoms. The van der Waals surface area contributed by atoms with Crippen molar-refractivity contribution in [2.24, 2.45) is 5.73 Å². The molecule has 118 valence electrons. The maximum absolute atomic E-state index is 11.9. The van der Waals surface area contributed by atoms with E-state index in [0.29, 0.717) is 17.3 Å². The number of anilines is 1. The summed E-state index contributed by atoms with van der Waals surface area (Å²) >= 11 is 0. The van der Waals surface area contributed by atoms with Gasteiger partial charge in [0.05, 0.1) is 28.5 Å². The monoisotopic (exact) mass is 301 g/mol. The van der Waals surface area contributed by atoms with Gasteiger partial charge in [-0.3, -0.25) is 4.79 Å². The Balaban J connectivity index is 2.12. The minimum Gasteiger partial charge on any atom is -0.381 e. The van der Waals surface area contributed by atoms with E-state index in [-0.39, 0.29) is 0 Å².